The number of nitrogens with one attached hydrogen (secondary N) is 1. The molecule has 19 heavy (non-hydrogen) atoms. The molecule has 9 heteroatoms. The fourth-order valence-corrected chi connectivity index (χ4v) is 1.71. The predicted molar refractivity (Wildman–Crippen MR) is 61.9 cm³/mol. The van der Waals surface area contributed by atoms with Gasteiger partial charge in [-0.15, -0.1) is 0 Å². The van der Waals surface area contributed by atoms with E-state index in [2.05, 4.69) is 15.1 Å². The second-order valence-electron chi connectivity index (χ2n) is 3.82. The van der Waals surface area contributed by atoms with E-state index in [-0.39, 0.29) is 22.2 Å². The molecule has 1 N–H and O–H groups in total. The van der Waals surface area contributed by atoms with Crippen molar-refractivity contribution in [3.63, 3.8) is 0 Å². The second-order valence-corrected chi connectivity index (χ2v) is 4.23. The number of hydrogen-bond donors (Lipinski definition) is 1. The molecular formula is C10H8ClF3N4O. The summed E-state index contributed by atoms with van der Waals surface area (Å²) in [5.74, 6) is 0.189. The Balaban J connectivity index is 2.49. The highest BCUT2D eigenvalue weighted by molar-refractivity contribution is 6.30. The van der Waals surface area contributed by atoms with Crippen LogP contribution in [0.5, 0.6) is 0 Å². The first kappa shape index (κ1) is 13.6. The average Bonchev–Trinajstić information content (AvgIpc) is 2.61. The highest BCUT2D eigenvalue weighted by Crippen LogP contribution is 2.23. The van der Waals surface area contributed by atoms with Gasteiger partial charge in [-0.25, -0.2) is 9.67 Å². The average molecular weight is 293 g/mol. The highest BCUT2D eigenvalue weighted by atomic mass is 35.5. The molecule has 0 aliphatic carbocycles. The van der Waals surface area contributed by atoms with E-state index in [1.165, 1.54) is 19.2 Å². The number of rotatable bonds is 2. The Bertz CT molecular complexity index is 662. The Morgan fingerprint density at radius 1 is 1.47 bits per heavy atom. The van der Waals surface area contributed by atoms with E-state index in [0.29, 0.717) is 0 Å². The van der Waals surface area contributed by atoms with Crippen LogP contribution in [0.15, 0.2) is 17.1 Å². The van der Waals surface area contributed by atoms with E-state index >= 15 is 0 Å². The molecule has 0 unspecified atom stereocenters. The van der Waals surface area contributed by atoms with E-state index < -0.39 is 18.3 Å². The molecule has 2 aromatic heterocycles. The number of alkyl halides is 3. The van der Waals surface area contributed by atoms with Gasteiger partial charge >= 0.3 is 6.18 Å². The van der Waals surface area contributed by atoms with Gasteiger partial charge in [0.2, 0.25) is 0 Å². The number of aryl methyl sites for hydroxylation is 1. The van der Waals surface area contributed by atoms with Gasteiger partial charge in [0.1, 0.15) is 17.4 Å². The Hall–Kier alpha value is -1.83. The lowest BCUT2D eigenvalue weighted by atomic mass is 10.2. The van der Waals surface area contributed by atoms with Gasteiger partial charge in [-0.05, 0) is 13.0 Å². The van der Waals surface area contributed by atoms with Crippen molar-refractivity contribution in [3.05, 3.63) is 33.5 Å². The first-order valence-corrected chi connectivity index (χ1v) is 5.51. The number of hydrogen-bond acceptors (Lipinski definition) is 3. The van der Waals surface area contributed by atoms with Gasteiger partial charge in [0.15, 0.2) is 5.82 Å². The SMILES string of the molecule is Cc1nc(-c2c[nH]c(=O)c(Cl)c2)n(CC(F)(F)F)n1. The number of aromatic amines is 1. The molecule has 102 valence electrons. The highest BCUT2D eigenvalue weighted by Gasteiger charge is 2.30. The molecule has 0 atom stereocenters. The molecule has 0 aromatic carbocycles. The third kappa shape index (κ3) is 3.14. The zero-order valence-electron chi connectivity index (χ0n) is 9.62. The van der Waals surface area contributed by atoms with E-state index in [1.807, 2.05) is 0 Å². The summed E-state index contributed by atoms with van der Waals surface area (Å²) in [6, 6.07) is 1.25. The largest absolute Gasteiger partial charge is 0.408 e. The van der Waals surface area contributed by atoms with Crippen LogP contribution >= 0.6 is 11.6 Å². The topological polar surface area (TPSA) is 63.6 Å². The normalized spacial score (nSPS) is 11.8. The summed E-state index contributed by atoms with van der Waals surface area (Å²) < 4.78 is 38.0. The molecule has 2 aromatic rings. The minimum absolute atomic E-state index is 0.00650. The van der Waals surface area contributed by atoms with Crippen LogP contribution in [0.3, 0.4) is 0 Å². The van der Waals surface area contributed by atoms with E-state index in [1.54, 1.807) is 0 Å². The molecule has 5 nitrogen and oxygen atoms in total. The Labute approximate surface area is 110 Å². The molecular weight excluding hydrogens is 285 g/mol. The van der Waals surface area contributed by atoms with Crippen molar-refractivity contribution < 1.29 is 13.2 Å². The molecule has 0 bridgehead atoms. The molecule has 2 heterocycles. The Morgan fingerprint density at radius 3 is 2.74 bits per heavy atom. The van der Waals surface area contributed by atoms with Crippen molar-refractivity contribution in [1.29, 1.82) is 0 Å². The summed E-state index contributed by atoms with van der Waals surface area (Å²) >= 11 is 5.63. The second kappa shape index (κ2) is 4.69. The minimum Gasteiger partial charge on any atom is -0.327 e. The summed E-state index contributed by atoms with van der Waals surface area (Å²) in [6.07, 6.45) is -3.18. The van der Waals surface area contributed by atoms with Crippen LogP contribution in [-0.4, -0.2) is 25.9 Å². The molecule has 2 rings (SSSR count). The molecule has 0 radical (unpaired) electrons. The van der Waals surface area contributed by atoms with E-state index in [0.717, 1.165) is 4.68 Å². The Morgan fingerprint density at radius 2 is 2.16 bits per heavy atom. The van der Waals surface area contributed by atoms with E-state index in [9.17, 15) is 18.0 Å². The first-order chi connectivity index (χ1) is 8.76. The predicted octanol–water partition coefficient (Wildman–Crippen LogP) is 2.16. The van der Waals surface area contributed by atoms with Crippen LogP contribution in [0.1, 0.15) is 5.82 Å². The van der Waals surface area contributed by atoms with Crippen LogP contribution in [-0.2, 0) is 6.54 Å². The van der Waals surface area contributed by atoms with Crippen LogP contribution in [0.4, 0.5) is 13.2 Å². The molecule has 0 aliphatic rings. The monoisotopic (exact) mass is 292 g/mol. The van der Waals surface area contributed by atoms with Crippen LogP contribution in [0.2, 0.25) is 5.02 Å². The fourth-order valence-electron chi connectivity index (χ4n) is 1.53. The van der Waals surface area contributed by atoms with Crippen molar-refractivity contribution in [2.45, 2.75) is 19.6 Å². The molecule has 0 fully saturated rings. The Kier molecular flexibility index (Phi) is 3.36. The van der Waals surface area contributed by atoms with Gasteiger partial charge < -0.3 is 4.98 Å². The van der Waals surface area contributed by atoms with Gasteiger partial charge in [-0.1, -0.05) is 11.6 Å². The number of halogens is 4. The van der Waals surface area contributed by atoms with Gasteiger partial charge in [0, 0.05) is 11.8 Å². The zero-order chi connectivity index (χ0) is 14.2. The van der Waals surface area contributed by atoms with Crippen molar-refractivity contribution in [3.8, 4) is 11.4 Å². The van der Waals surface area contributed by atoms with Crippen LogP contribution in [0.25, 0.3) is 11.4 Å². The number of H-pyrrole nitrogens is 1. The summed E-state index contributed by atoms with van der Waals surface area (Å²) in [6.45, 7) is 0.212. The quantitative estimate of drug-likeness (QED) is 0.922. The van der Waals surface area contributed by atoms with Gasteiger partial charge in [0.25, 0.3) is 5.56 Å². The molecule has 0 spiro atoms. The maximum absolute atomic E-state index is 12.4. The molecule has 0 amide bonds. The summed E-state index contributed by atoms with van der Waals surface area (Å²) in [7, 11) is 0. The third-order valence-corrected chi connectivity index (χ3v) is 2.50. The molecule has 0 saturated heterocycles. The summed E-state index contributed by atoms with van der Waals surface area (Å²) in [4.78, 5) is 17.3. The molecule has 0 aliphatic heterocycles. The first-order valence-electron chi connectivity index (χ1n) is 5.13. The number of aromatic nitrogens is 4. The minimum atomic E-state index is -4.42. The summed E-state index contributed by atoms with van der Waals surface area (Å²) in [5, 5.41) is 3.55. The van der Waals surface area contributed by atoms with Crippen molar-refractivity contribution in [2.75, 3.05) is 0 Å². The van der Waals surface area contributed by atoms with Crippen molar-refractivity contribution in [1.82, 2.24) is 19.7 Å². The lowest BCUT2D eigenvalue weighted by molar-refractivity contribution is -0.142. The standard InChI is InChI=1S/C10H8ClF3N4O/c1-5-16-8(18(17-5)4-10(12,13)14)6-2-7(11)9(19)15-3-6/h2-3H,4H2,1H3,(H,15,19). The summed E-state index contributed by atoms with van der Waals surface area (Å²) in [5.41, 5.74) is -0.265. The van der Waals surface area contributed by atoms with Gasteiger partial charge in [-0.3, -0.25) is 4.79 Å². The fraction of sp³-hybridized carbons (Fsp3) is 0.300. The third-order valence-electron chi connectivity index (χ3n) is 2.22. The van der Waals surface area contributed by atoms with Gasteiger partial charge in [-0.2, -0.15) is 18.3 Å². The van der Waals surface area contributed by atoms with Crippen molar-refractivity contribution in [2.24, 2.45) is 0 Å². The maximum Gasteiger partial charge on any atom is 0.408 e. The number of pyridine rings is 1. The van der Waals surface area contributed by atoms with Gasteiger partial charge in [0.05, 0.1) is 0 Å². The van der Waals surface area contributed by atoms with E-state index in [4.69, 9.17) is 11.6 Å². The lowest BCUT2D eigenvalue weighted by Crippen LogP contribution is -2.19. The molecule has 0 saturated carbocycles. The van der Waals surface area contributed by atoms with Crippen LogP contribution < -0.4 is 5.56 Å². The smallest absolute Gasteiger partial charge is 0.327 e. The lowest BCUT2D eigenvalue weighted by Gasteiger charge is -2.08. The maximum atomic E-state index is 12.4. The zero-order valence-corrected chi connectivity index (χ0v) is 10.4. The van der Waals surface area contributed by atoms with Crippen LogP contribution in [0, 0.1) is 6.92 Å². The number of nitrogens with zero attached hydrogens (tertiary/aromatic N) is 3. The van der Waals surface area contributed by atoms with Crippen molar-refractivity contribution >= 4 is 11.6 Å².